The molecule has 0 aromatic heterocycles. The van der Waals surface area contributed by atoms with Crippen molar-refractivity contribution in [1.82, 2.24) is 4.90 Å². The van der Waals surface area contributed by atoms with E-state index in [1.807, 2.05) is 42.5 Å². The first-order valence-electron chi connectivity index (χ1n) is 9.83. The molecule has 1 spiro atoms. The fraction of sp³-hybridized carbons (Fsp3) is 0.381. The third kappa shape index (κ3) is 1.99. The zero-order valence-electron chi connectivity index (χ0n) is 15.5. The number of rotatable bonds is 2. The van der Waals surface area contributed by atoms with Gasteiger partial charge in [0.25, 0.3) is 11.9 Å². The highest BCUT2D eigenvalue weighted by Gasteiger charge is 2.73. The lowest BCUT2D eigenvalue weighted by atomic mass is 9.77. The molecule has 4 aliphatic heterocycles. The maximum absolute atomic E-state index is 13.4. The fourth-order valence-electron chi connectivity index (χ4n) is 5.90. The minimum absolute atomic E-state index is 0.0809. The van der Waals surface area contributed by atoms with Crippen LogP contribution in [0, 0.1) is 10.1 Å². The molecule has 0 bridgehead atoms. The molecule has 2 fully saturated rings. The van der Waals surface area contributed by atoms with E-state index in [1.54, 1.807) is 0 Å². The van der Waals surface area contributed by atoms with Crippen molar-refractivity contribution in [2.75, 3.05) is 18.7 Å². The number of para-hydroxylation sites is 1. The Kier molecular flexibility index (Phi) is 3.30. The number of ether oxygens (including phenoxy) is 2. The molecule has 8 nitrogen and oxygen atoms in total. The fourth-order valence-corrected chi connectivity index (χ4v) is 5.90. The monoisotopic (exact) mass is 393 g/mol. The largest absolute Gasteiger partial charge is 0.454 e. The average Bonchev–Trinajstić information content (AvgIpc) is 3.46. The van der Waals surface area contributed by atoms with Crippen LogP contribution in [0.25, 0.3) is 0 Å². The molecule has 8 heteroatoms. The molecule has 4 aliphatic rings. The van der Waals surface area contributed by atoms with E-state index in [9.17, 15) is 14.9 Å². The minimum Gasteiger partial charge on any atom is -0.454 e. The summed E-state index contributed by atoms with van der Waals surface area (Å²) in [5.74, 6) is 0.534. The number of benzene rings is 2. The van der Waals surface area contributed by atoms with Gasteiger partial charge in [-0.3, -0.25) is 19.8 Å². The smallest absolute Gasteiger partial charge is 0.256 e. The van der Waals surface area contributed by atoms with Crippen molar-refractivity contribution in [3.8, 4) is 11.5 Å². The van der Waals surface area contributed by atoms with Crippen LogP contribution in [0.5, 0.6) is 11.5 Å². The maximum Gasteiger partial charge on any atom is 0.256 e. The Morgan fingerprint density at radius 1 is 1.17 bits per heavy atom. The topological polar surface area (TPSA) is 93.9 Å². The summed E-state index contributed by atoms with van der Waals surface area (Å²) in [5.41, 5.74) is 0.910. The second-order valence-corrected chi connectivity index (χ2v) is 8.04. The molecule has 2 aromatic carbocycles. The van der Waals surface area contributed by atoms with Gasteiger partial charge in [0.05, 0.1) is 5.92 Å². The number of amides is 1. The van der Waals surface area contributed by atoms with Crippen LogP contribution < -0.4 is 14.8 Å². The summed E-state index contributed by atoms with van der Waals surface area (Å²) in [7, 11) is 0. The summed E-state index contributed by atoms with van der Waals surface area (Å²) in [6.45, 7) is 0.815. The number of hydrogen-bond acceptors (Lipinski definition) is 6. The Bertz CT molecular complexity index is 1060. The van der Waals surface area contributed by atoms with Crippen molar-refractivity contribution < 1.29 is 19.2 Å². The molecule has 148 valence electrons. The van der Waals surface area contributed by atoms with E-state index in [-0.39, 0.29) is 23.7 Å². The van der Waals surface area contributed by atoms with Gasteiger partial charge < -0.3 is 14.8 Å². The van der Waals surface area contributed by atoms with E-state index >= 15 is 0 Å². The lowest BCUT2D eigenvalue weighted by molar-refractivity contribution is -0.534. The van der Waals surface area contributed by atoms with E-state index in [4.69, 9.17) is 9.47 Å². The number of anilines is 1. The van der Waals surface area contributed by atoms with E-state index < -0.39 is 17.5 Å². The van der Waals surface area contributed by atoms with Crippen molar-refractivity contribution in [3.63, 3.8) is 0 Å². The Balaban J connectivity index is 1.57. The summed E-state index contributed by atoms with van der Waals surface area (Å²) < 4.78 is 10.9. The summed E-state index contributed by atoms with van der Waals surface area (Å²) in [5, 5.41) is 15.4. The molecule has 4 atom stereocenters. The van der Waals surface area contributed by atoms with E-state index in [0.717, 1.165) is 18.4 Å². The number of nitro groups is 1. The van der Waals surface area contributed by atoms with Gasteiger partial charge in [-0.2, -0.15) is 0 Å². The van der Waals surface area contributed by atoms with Gasteiger partial charge >= 0.3 is 0 Å². The van der Waals surface area contributed by atoms with Gasteiger partial charge in [0.2, 0.25) is 6.79 Å². The van der Waals surface area contributed by atoms with E-state index in [0.29, 0.717) is 29.3 Å². The molecule has 2 aromatic rings. The third-order valence-electron chi connectivity index (χ3n) is 6.88. The Hall–Kier alpha value is -3.13. The Morgan fingerprint density at radius 2 is 2.00 bits per heavy atom. The van der Waals surface area contributed by atoms with Gasteiger partial charge in [0, 0.05) is 28.8 Å². The van der Waals surface area contributed by atoms with Crippen molar-refractivity contribution in [2.24, 2.45) is 0 Å². The third-order valence-corrected chi connectivity index (χ3v) is 6.88. The van der Waals surface area contributed by atoms with Crippen LogP contribution in [0.4, 0.5) is 5.69 Å². The van der Waals surface area contributed by atoms with Gasteiger partial charge in [0.1, 0.15) is 0 Å². The van der Waals surface area contributed by atoms with Crippen LogP contribution in [0.2, 0.25) is 0 Å². The number of fused-ring (bicyclic) bond motifs is 5. The number of hydrogen-bond donors (Lipinski definition) is 1. The molecule has 1 N–H and O–H groups in total. The molecular formula is C21H19N3O5. The van der Waals surface area contributed by atoms with Gasteiger partial charge in [0.15, 0.2) is 17.0 Å². The summed E-state index contributed by atoms with van der Waals surface area (Å²) in [4.78, 5) is 27.7. The number of nitrogens with zero attached hydrogens (tertiary/aromatic N) is 2. The zero-order chi connectivity index (χ0) is 19.8. The predicted octanol–water partition coefficient (Wildman–Crippen LogP) is 2.47. The van der Waals surface area contributed by atoms with Crippen molar-refractivity contribution >= 4 is 11.6 Å². The number of carbonyl (C=O) groups is 1. The van der Waals surface area contributed by atoms with Gasteiger partial charge in [-0.15, -0.1) is 0 Å². The molecule has 1 amide bonds. The highest BCUT2D eigenvalue weighted by Crippen LogP contribution is 2.58. The molecule has 0 saturated carbocycles. The molecular weight excluding hydrogens is 374 g/mol. The molecule has 0 aliphatic carbocycles. The van der Waals surface area contributed by atoms with Crippen LogP contribution in [0.3, 0.4) is 0 Å². The van der Waals surface area contributed by atoms with Gasteiger partial charge in [-0.1, -0.05) is 24.3 Å². The highest BCUT2D eigenvalue weighted by atomic mass is 16.7. The van der Waals surface area contributed by atoms with Crippen molar-refractivity contribution in [2.45, 2.75) is 36.4 Å². The van der Waals surface area contributed by atoms with Gasteiger partial charge in [-0.25, -0.2) is 0 Å². The van der Waals surface area contributed by atoms with Crippen LogP contribution in [-0.4, -0.2) is 41.2 Å². The van der Waals surface area contributed by atoms with Crippen LogP contribution >= 0.6 is 0 Å². The Morgan fingerprint density at radius 3 is 2.86 bits per heavy atom. The molecule has 4 heterocycles. The SMILES string of the molecule is O=C1Nc2ccccc2[C@]12[C@H]([N+](=O)[O-])[C@H](c1ccc3c(c1)OCO3)[C@H]1CCCN12. The lowest BCUT2D eigenvalue weighted by Crippen LogP contribution is -2.55. The van der Waals surface area contributed by atoms with E-state index in [1.165, 1.54) is 0 Å². The molecule has 6 rings (SSSR count). The molecule has 2 saturated heterocycles. The lowest BCUT2D eigenvalue weighted by Gasteiger charge is -2.32. The Labute approximate surface area is 166 Å². The minimum atomic E-state index is -1.29. The van der Waals surface area contributed by atoms with Crippen LogP contribution in [0.1, 0.15) is 29.9 Å². The number of carbonyl (C=O) groups excluding carboxylic acids is 1. The van der Waals surface area contributed by atoms with Crippen molar-refractivity contribution in [1.29, 1.82) is 0 Å². The second kappa shape index (κ2) is 5.70. The molecule has 0 unspecified atom stereocenters. The standard InChI is InChI=1S/C21H19N3O5/c25-20-21(13-4-1-2-5-14(13)22-20)19(24(26)27)18(15-6-3-9-23(15)21)12-7-8-16-17(10-12)29-11-28-16/h1-2,4-5,7-8,10,15,18-19H,3,6,9,11H2,(H,22,25)/t15-,18-,19-,21+/m1/s1. The van der Waals surface area contributed by atoms with Gasteiger partial charge in [-0.05, 0) is 36.6 Å². The first kappa shape index (κ1) is 16.8. The van der Waals surface area contributed by atoms with Crippen molar-refractivity contribution in [3.05, 3.63) is 63.7 Å². The number of nitrogens with one attached hydrogen (secondary N) is 1. The first-order chi connectivity index (χ1) is 14.1. The highest BCUT2D eigenvalue weighted by molar-refractivity contribution is 6.07. The predicted molar refractivity (Wildman–Crippen MR) is 103 cm³/mol. The summed E-state index contributed by atoms with van der Waals surface area (Å²) in [6.07, 6.45) is 1.73. The summed E-state index contributed by atoms with van der Waals surface area (Å²) >= 11 is 0. The molecule has 0 radical (unpaired) electrons. The second-order valence-electron chi connectivity index (χ2n) is 8.04. The van der Waals surface area contributed by atoms with Crippen LogP contribution in [-0.2, 0) is 10.3 Å². The average molecular weight is 393 g/mol. The first-order valence-corrected chi connectivity index (χ1v) is 9.83. The normalized spacial score (nSPS) is 31.7. The quantitative estimate of drug-likeness (QED) is 0.622. The molecule has 29 heavy (non-hydrogen) atoms. The van der Waals surface area contributed by atoms with Crippen LogP contribution in [0.15, 0.2) is 42.5 Å². The van der Waals surface area contributed by atoms with E-state index in [2.05, 4.69) is 10.2 Å². The zero-order valence-corrected chi connectivity index (χ0v) is 15.5. The maximum atomic E-state index is 13.4. The summed E-state index contributed by atoms with van der Waals surface area (Å²) in [6, 6.07) is 11.7.